The van der Waals surface area contributed by atoms with Gasteiger partial charge in [0.2, 0.25) is 0 Å². The molecule has 1 saturated carbocycles. The highest BCUT2D eigenvalue weighted by Gasteiger charge is 2.13. The maximum atomic E-state index is 9.60. The number of rotatable bonds is 6. The molecule has 20 heavy (non-hydrogen) atoms. The summed E-state index contributed by atoms with van der Waals surface area (Å²) in [5.74, 6) is 1.62. The Labute approximate surface area is 122 Å². The van der Waals surface area contributed by atoms with Gasteiger partial charge in [-0.25, -0.2) is 0 Å². The Kier molecular flexibility index (Phi) is 6.34. The maximum Gasteiger partial charge on any atom is 0.119 e. The van der Waals surface area contributed by atoms with Crippen molar-refractivity contribution in [3.05, 3.63) is 29.8 Å². The van der Waals surface area contributed by atoms with Crippen molar-refractivity contribution in [2.45, 2.75) is 51.0 Å². The number of ether oxygens (including phenoxy) is 1. The van der Waals surface area contributed by atoms with Crippen LogP contribution in [0.3, 0.4) is 0 Å². The maximum absolute atomic E-state index is 9.60. The summed E-state index contributed by atoms with van der Waals surface area (Å²) in [5, 5.41) is 9.60. The molecule has 0 amide bonds. The van der Waals surface area contributed by atoms with Gasteiger partial charge < -0.3 is 15.6 Å². The number of aliphatic hydroxyl groups is 1. The summed E-state index contributed by atoms with van der Waals surface area (Å²) in [7, 11) is 0. The summed E-state index contributed by atoms with van der Waals surface area (Å²) < 4.78 is 5.94. The third-order valence-electron chi connectivity index (χ3n) is 4.10. The Bertz CT molecular complexity index is 386. The Morgan fingerprint density at radius 1 is 1.20 bits per heavy atom. The van der Waals surface area contributed by atoms with Crippen molar-refractivity contribution in [3.63, 3.8) is 0 Å². The van der Waals surface area contributed by atoms with Gasteiger partial charge >= 0.3 is 0 Å². The average Bonchev–Trinajstić information content (AvgIpc) is 2.74. The summed E-state index contributed by atoms with van der Waals surface area (Å²) >= 11 is 0. The molecule has 0 heterocycles. The predicted octanol–water partition coefficient (Wildman–Crippen LogP) is 2.90. The minimum atomic E-state index is -0.466. The normalized spacial score (nSPS) is 18.5. The van der Waals surface area contributed by atoms with Crippen LogP contribution in [-0.2, 0) is 6.42 Å². The number of aliphatic hydroxyl groups excluding tert-OH is 1. The van der Waals surface area contributed by atoms with Crippen LogP contribution in [0.5, 0.6) is 5.75 Å². The highest BCUT2D eigenvalue weighted by molar-refractivity contribution is 5.29. The zero-order chi connectivity index (χ0) is 14.2. The third-order valence-corrected chi connectivity index (χ3v) is 4.10. The van der Waals surface area contributed by atoms with E-state index in [0.29, 0.717) is 18.9 Å². The van der Waals surface area contributed by atoms with E-state index in [1.54, 1.807) is 0 Å². The van der Waals surface area contributed by atoms with Gasteiger partial charge in [0, 0.05) is 6.54 Å². The zero-order valence-electron chi connectivity index (χ0n) is 12.3. The number of hydrogen-bond acceptors (Lipinski definition) is 3. The van der Waals surface area contributed by atoms with Gasteiger partial charge in [0.1, 0.15) is 5.75 Å². The fourth-order valence-corrected chi connectivity index (χ4v) is 2.86. The molecular formula is C17H27NO2. The standard InChI is InChI=1S/C17H27NO2/c18-12-16(19)10-15-8-5-9-17(11-15)20-13-14-6-3-1-2-4-7-14/h5,8-9,11,14,16,19H,1-4,6-7,10,12-13,18H2/t16-/m0/s1. The van der Waals surface area contributed by atoms with E-state index >= 15 is 0 Å². The molecule has 1 aliphatic rings. The van der Waals surface area contributed by atoms with Crippen molar-refractivity contribution in [2.24, 2.45) is 11.7 Å². The first-order valence-corrected chi connectivity index (χ1v) is 7.88. The van der Waals surface area contributed by atoms with Crippen molar-refractivity contribution >= 4 is 0 Å². The molecule has 0 saturated heterocycles. The lowest BCUT2D eigenvalue weighted by Crippen LogP contribution is -2.21. The van der Waals surface area contributed by atoms with E-state index in [-0.39, 0.29) is 0 Å². The van der Waals surface area contributed by atoms with E-state index in [0.717, 1.165) is 17.9 Å². The van der Waals surface area contributed by atoms with Crippen LogP contribution in [0.15, 0.2) is 24.3 Å². The monoisotopic (exact) mass is 277 g/mol. The number of benzene rings is 1. The van der Waals surface area contributed by atoms with Gasteiger partial charge in [0.15, 0.2) is 0 Å². The molecule has 1 aliphatic carbocycles. The van der Waals surface area contributed by atoms with E-state index < -0.39 is 6.10 Å². The SMILES string of the molecule is NC[C@@H](O)Cc1cccc(OCC2CCCCCC2)c1. The lowest BCUT2D eigenvalue weighted by atomic mass is 10.0. The topological polar surface area (TPSA) is 55.5 Å². The zero-order valence-corrected chi connectivity index (χ0v) is 12.3. The van der Waals surface area contributed by atoms with Gasteiger partial charge in [-0.05, 0) is 42.9 Å². The molecule has 2 rings (SSSR count). The Morgan fingerprint density at radius 3 is 2.65 bits per heavy atom. The first kappa shape index (κ1) is 15.3. The molecule has 1 aromatic rings. The second-order valence-corrected chi connectivity index (χ2v) is 5.91. The second kappa shape index (κ2) is 8.28. The van der Waals surface area contributed by atoms with E-state index in [4.69, 9.17) is 10.5 Å². The molecule has 1 atom stereocenters. The van der Waals surface area contributed by atoms with Crippen molar-refractivity contribution in [3.8, 4) is 5.75 Å². The lowest BCUT2D eigenvalue weighted by Gasteiger charge is -2.16. The molecule has 3 N–H and O–H groups in total. The van der Waals surface area contributed by atoms with Crippen LogP contribution < -0.4 is 10.5 Å². The Hall–Kier alpha value is -1.06. The van der Waals surface area contributed by atoms with Crippen LogP contribution in [0.2, 0.25) is 0 Å². The van der Waals surface area contributed by atoms with Crippen LogP contribution in [0.4, 0.5) is 0 Å². The second-order valence-electron chi connectivity index (χ2n) is 5.91. The smallest absolute Gasteiger partial charge is 0.119 e. The van der Waals surface area contributed by atoms with Gasteiger partial charge in [0.05, 0.1) is 12.7 Å². The summed E-state index contributed by atoms with van der Waals surface area (Å²) in [4.78, 5) is 0. The van der Waals surface area contributed by atoms with E-state index in [1.165, 1.54) is 38.5 Å². The Morgan fingerprint density at radius 2 is 1.95 bits per heavy atom. The summed E-state index contributed by atoms with van der Waals surface area (Å²) in [6, 6.07) is 8.02. The highest BCUT2D eigenvalue weighted by atomic mass is 16.5. The van der Waals surface area contributed by atoms with Gasteiger partial charge in [0.25, 0.3) is 0 Å². The molecular weight excluding hydrogens is 250 g/mol. The highest BCUT2D eigenvalue weighted by Crippen LogP contribution is 2.24. The first-order valence-electron chi connectivity index (χ1n) is 7.88. The van der Waals surface area contributed by atoms with Crippen LogP contribution >= 0.6 is 0 Å². The van der Waals surface area contributed by atoms with Gasteiger partial charge in [-0.1, -0.05) is 37.8 Å². The summed E-state index contributed by atoms with van der Waals surface area (Å²) in [5.41, 5.74) is 6.53. The minimum absolute atomic E-state index is 0.299. The number of nitrogens with two attached hydrogens (primary N) is 1. The van der Waals surface area contributed by atoms with Crippen molar-refractivity contribution in [2.75, 3.05) is 13.2 Å². The van der Waals surface area contributed by atoms with Crippen molar-refractivity contribution < 1.29 is 9.84 Å². The summed E-state index contributed by atoms with van der Waals surface area (Å²) in [6.07, 6.45) is 8.17. The third kappa shape index (κ3) is 5.14. The fourth-order valence-electron chi connectivity index (χ4n) is 2.86. The van der Waals surface area contributed by atoms with E-state index in [9.17, 15) is 5.11 Å². The van der Waals surface area contributed by atoms with Crippen LogP contribution in [0, 0.1) is 5.92 Å². The van der Waals surface area contributed by atoms with E-state index in [2.05, 4.69) is 0 Å². The van der Waals surface area contributed by atoms with Crippen LogP contribution in [-0.4, -0.2) is 24.4 Å². The molecule has 112 valence electrons. The molecule has 0 aromatic heterocycles. The Balaban J connectivity index is 1.84. The quantitative estimate of drug-likeness (QED) is 0.786. The largest absolute Gasteiger partial charge is 0.493 e. The molecule has 0 bridgehead atoms. The predicted molar refractivity (Wildman–Crippen MR) is 81.9 cm³/mol. The molecule has 1 fully saturated rings. The molecule has 3 nitrogen and oxygen atoms in total. The average molecular weight is 277 g/mol. The van der Waals surface area contributed by atoms with Gasteiger partial charge in [-0.2, -0.15) is 0 Å². The minimum Gasteiger partial charge on any atom is -0.493 e. The van der Waals surface area contributed by atoms with Gasteiger partial charge in [-0.3, -0.25) is 0 Å². The van der Waals surface area contributed by atoms with Crippen molar-refractivity contribution in [1.29, 1.82) is 0 Å². The number of hydrogen-bond donors (Lipinski definition) is 2. The molecule has 3 heteroatoms. The molecule has 0 unspecified atom stereocenters. The molecule has 0 aliphatic heterocycles. The summed E-state index contributed by atoms with van der Waals surface area (Å²) in [6.45, 7) is 1.12. The molecule has 0 spiro atoms. The fraction of sp³-hybridized carbons (Fsp3) is 0.647. The van der Waals surface area contributed by atoms with Crippen LogP contribution in [0.25, 0.3) is 0 Å². The van der Waals surface area contributed by atoms with Crippen LogP contribution in [0.1, 0.15) is 44.1 Å². The lowest BCUT2D eigenvalue weighted by molar-refractivity contribution is 0.183. The molecule has 1 aromatic carbocycles. The van der Waals surface area contributed by atoms with Crippen molar-refractivity contribution in [1.82, 2.24) is 0 Å². The van der Waals surface area contributed by atoms with Gasteiger partial charge in [-0.15, -0.1) is 0 Å². The molecule has 0 radical (unpaired) electrons. The first-order chi connectivity index (χ1) is 9.78. The van der Waals surface area contributed by atoms with E-state index in [1.807, 2.05) is 24.3 Å².